The van der Waals surface area contributed by atoms with E-state index in [1.165, 1.54) is 12.8 Å². The molecule has 0 aliphatic rings. The molecule has 0 bridgehead atoms. The zero-order chi connectivity index (χ0) is 10.4. The van der Waals surface area contributed by atoms with Crippen molar-refractivity contribution >= 4 is 12.4 Å². The average Bonchev–Trinajstić information content (AvgIpc) is 2.16. The van der Waals surface area contributed by atoms with Gasteiger partial charge in [-0.3, -0.25) is 0 Å². The van der Waals surface area contributed by atoms with Gasteiger partial charge in [-0.05, 0) is 25.0 Å². The van der Waals surface area contributed by atoms with Crippen LogP contribution in [0.1, 0.15) is 38.2 Å². The van der Waals surface area contributed by atoms with Crippen molar-refractivity contribution in [2.75, 3.05) is 0 Å². The third-order valence-corrected chi connectivity index (χ3v) is 2.41. The number of hydrogen-bond acceptors (Lipinski definition) is 2. The van der Waals surface area contributed by atoms with Crippen molar-refractivity contribution in [3.05, 3.63) is 23.8 Å². The van der Waals surface area contributed by atoms with Crippen LogP contribution in [0.5, 0.6) is 11.5 Å². The maximum atomic E-state index is 9.49. The topological polar surface area (TPSA) is 40.5 Å². The summed E-state index contributed by atoms with van der Waals surface area (Å²) in [5.74, 6) is 0.419. The van der Waals surface area contributed by atoms with Gasteiger partial charge in [0.05, 0.1) is 0 Å². The molecule has 1 rings (SSSR count). The lowest BCUT2D eigenvalue weighted by Gasteiger charge is -2.06. The van der Waals surface area contributed by atoms with Gasteiger partial charge < -0.3 is 10.2 Å². The quantitative estimate of drug-likeness (QED) is 0.759. The van der Waals surface area contributed by atoms with Gasteiger partial charge in [-0.25, -0.2) is 0 Å². The van der Waals surface area contributed by atoms with Gasteiger partial charge in [0.15, 0.2) is 0 Å². The second-order valence-electron chi connectivity index (χ2n) is 3.59. The molecular formula is C12H19ClO2. The number of benzene rings is 1. The zero-order valence-corrected chi connectivity index (χ0v) is 9.89. The molecule has 2 N–H and O–H groups in total. The Kier molecular flexibility index (Phi) is 6.97. The summed E-state index contributed by atoms with van der Waals surface area (Å²) in [6.45, 7) is 2.16. The Labute approximate surface area is 97.4 Å². The first-order valence-corrected chi connectivity index (χ1v) is 5.25. The molecule has 0 fully saturated rings. The molecule has 0 unspecified atom stereocenters. The highest BCUT2D eigenvalue weighted by Gasteiger charge is 2.05. The van der Waals surface area contributed by atoms with Gasteiger partial charge in [-0.1, -0.05) is 32.3 Å². The number of aromatic hydroxyl groups is 2. The molecule has 0 aromatic heterocycles. The largest absolute Gasteiger partial charge is 0.508 e. The molecular weight excluding hydrogens is 212 g/mol. The lowest BCUT2D eigenvalue weighted by molar-refractivity contribution is 0.436. The van der Waals surface area contributed by atoms with Crippen LogP contribution in [0.15, 0.2) is 18.2 Å². The number of phenols is 2. The van der Waals surface area contributed by atoms with E-state index in [0.29, 0.717) is 5.56 Å². The van der Waals surface area contributed by atoms with Crippen molar-refractivity contribution in [3.63, 3.8) is 0 Å². The summed E-state index contributed by atoms with van der Waals surface area (Å²) in [7, 11) is 0. The zero-order valence-electron chi connectivity index (χ0n) is 9.07. The molecule has 0 radical (unpaired) electrons. The highest BCUT2D eigenvalue weighted by atomic mass is 35.5. The van der Waals surface area contributed by atoms with Crippen molar-refractivity contribution in [1.82, 2.24) is 0 Å². The number of halogens is 1. The van der Waals surface area contributed by atoms with Crippen molar-refractivity contribution in [2.45, 2.75) is 39.0 Å². The molecule has 0 spiro atoms. The Morgan fingerprint density at radius 2 is 1.60 bits per heavy atom. The normalized spacial score (nSPS) is 9.67. The Hall–Kier alpha value is -0.890. The number of rotatable bonds is 5. The first kappa shape index (κ1) is 14.1. The first-order chi connectivity index (χ1) is 6.75. The number of phenolic OH excluding ortho intramolecular Hbond substituents is 2. The smallest absolute Gasteiger partial charge is 0.122 e. The SMILES string of the molecule is CCCCCCc1c(O)cccc1O.Cl. The van der Waals surface area contributed by atoms with Crippen LogP contribution in [0.3, 0.4) is 0 Å². The summed E-state index contributed by atoms with van der Waals surface area (Å²) in [6.07, 6.45) is 5.36. The summed E-state index contributed by atoms with van der Waals surface area (Å²) in [5.41, 5.74) is 0.684. The molecule has 15 heavy (non-hydrogen) atoms. The molecule has 0 amide bonds. The van der Waals surface area contributed by atoms with E-state index in [9.17, 15) is 10.2 Å². The van der Waals surface area contributed by atoms with E-state index < -0.39 is 0 Å². The maximum absolute atomic E-state index is 9.49. The fraction of sp³-hybridized carbons (Fsp3) is 0.500. The molecule has 1 aromatic rings. The Morgan fingerprint density at radius 3 is 2.13 bits per heavy atom. The second-order valence-corrected chi connectivity index (χ2v) is 3.59. The van der Waals surface area contributed by atoms with Crippen LogP contribution in [-0.4, -0.2) is 10.2 Å². The summed E-state index contributed by atoms with van der Waals surface area (Å²) in [6, 6.07) is 4.89. The van der Waals surface area contributed by atoms with Gasteiger partial charge in [0.25, 0.3) is 0 Å². The van der Waals surface area contributed by atoms with Gasteiger partial charge in [0.2, 0.25) is 0 Å². The van der Waals surface area contributed by atoms with Crippen LogP contribution < -0.4 is 0 Å². The lowest BCUT2D eigenvalue weighted by atomic mass is 10.0. The summed E-state index contributed by atoms with van der Waals surface area (Å²) < 4.78 is 0. The van der Waals surface area contributed by atoms with Crippen molar-refractivity contribution in [2.24, 2.45) is 0 Å². The van der Waals surface area contributed by atoms with E-state index >= 15 is 0 Å². The highest BCUT2D eigenvalue weighted by Crippen LogP contribution is 2.27. The van der Waals surface area contributed by atoms with Gasteiger partial charge in [0.1, 0.15) is 11.5 Å². The summed E-state index contributed by atoms with van der Waals surface area (Å²) in [5, 5.41) is 19.0. The minimum atomic E-state index is 0. The van der Waals surface area contributed by atoms with E-state index in [1.807, 2.05) is 0 Å². The third kappa shape index (κ3) is 4.43. The summed E-state index contributed by atoms with van der Waals surface area (Å²) >= 11 is 0. The molecule has 3 heteroatoms. The van der Waals surface area contributed by atoms with Crippen LogP contribution >= 0.6 is 12.4 Å². The molecule has 2 nitrogen and oxygen atoms in total. The van der Waals surface area contributed by atoms with Crippen LogP contribution in [0.4, 0.5) is 0 Å². The Bertz CT molecular complexity index is 267. The van der Waals surface area contributed by atoms with Crippen LogP contribution in [0, 0.1) is 0 Å². The highest BCUT2D eigenvalue weighted by molar-refractivity contribution is 5.85. The van der Waals surface area contributed by atoms with Crippen molar-refractivity contribution < 1.29 is 10.2 Å². The molecule has 0 saturated carbocycles. The molecule has 0 atom stereocenters. The Balaban J connectivity index is 0.00000196. The monoisotopic (exact) mass is 230 g/mol. The number of hydrogen-bond donors (Lipinski definition) is 2. The van der Waals surface area contributed by atoms with Crippen molar-refractivity contribution in [3.8, 4) is 11.5 Å². The minimum Gasteiger partial charge on any atom is -0.508 e. The summed E-state index contributed by atoms with van der Waals surface area (Å²) in [4.78, 5) is 0. The van der Waals surface area contributed by atoms with Crippen LogP contribution in [-0.2, 0) is 6.42 Å². The first-order valence-electron chi connectivity index (χ1n) is 5.25. The molecule has 86 valence electrons. The standard InChI is InChI=1S/C12H18O2.ClH/c1-2-3-4-5-7-10-11(13)8-6-9-12(10)14;/h6,8-9,13-14H,2-5,7H2,1H3;1H. The fourth-order valence-electron chi connectivity index (χ4n) is 1.55. The van der Waals surface area contributed by atoms with E-state index in [0.717, 1.165) is 19.3 Å². The van der Waals surface area contributed by atoms with E-state index in [1.54, 1.807) is 18.2 Å². The van der Waals surface area contributed by atoms with E-state index in [4.69, 9.17) is 0 Å². The predicted molar refractivity (Wildman–Crippen MR) is 64.9 cm³/mol. The average molecular weight is 231 g/mol. The van der Waals surface area contributed by atoms with Crippen LogP contribution in [0.25, 0.3) is 0 Å². The van der Waals surface area contributed by atoms with E-state index in [2.05, 4.69) is 6.92 Å². The third-order valence-electron chi connectivity index (χ3n) is 2.41. The predicted octanol–water partition coefficient (Wildman–Crippen LogP) is 3.64. The number of unbranched alkanes of at least 4 members (excludes halogenated alkanes) is 3. The van der Waals surface area contributed by atoms with E-state index in [-0.39, 0.29) is 23.9 Å². The fourth-order valence-corrected chi connectivity index (χ4v) is 1.55. The van der Waals surface area contributed by atoms with Gasteiger partial charge in [0, 0.05) is 5.56 Å². The van der Waals surface area contributed by atoms with Gasteiger partial charge >= 0.3 is 0 Å². The Morgan fingerprint density at radius 1 is 1.00 bits per heavy atom. The molecule has 0 saturated heterocycles. The van der Waals surface area contributed by atoms with Gasteiger partial charge in [-0.2, -0.15) is 0 Å². The second kappa shape index (κ2) is 7.41. The van der Waals surface area contributed by atoms with Gasteiger partial charge in [-0.15, -0.1) is 12.4 Å². The lowest BCUT2D eigenvalue weighted by Crippen LogP contribution is -1.87. The maximum Gasteiger partial charge on any atom is 0.122 e. The molecule has 0 aliphatic heterocycles. The molecule has 0 heterocycles. The van der Waals surface area contributed by atoms with Crippen molar-refractivity contribution in [1.29, 1.82) is 0 Å². The van der Waals surface area contributed by atoms with Crippen LogP contribution in [0.2, 0.25) is 0 Å². The molecule has 1 aromatic carbocycles. The minimum absolute atomic E-state index is 0. The molecule has 0 aliphatic carbocycles.